The zero-order valence-electron chi connectivity index (χ0n) is 48.4. The van der Waals surface area contributed by atoms with Gasteiger partial charge in [0, 0.05) is 98.2 Å². The average Bonchev–Trinajstić information content (AvgIpc) is 3.35. The quantitative estimate of drug-likeness (QED) is 0.0377. The van der Waals surface area contributed by atoms with Crippen LogP contribution in [0.25, 0.3) is 0 Å². The van der Waals surface area contributed by atoms with Crippen LogP contribution < -0.4 is 0 Å². The Kier molecular flexibility index (Phi) is 48.7. The van der Waals surface area contributed by atoms with Gasteiger partial charge in [0.1, 0.15) is 0 Å². The maximum atomic E-state index is 11.4. The van der Waals surface area contributed by atoms with Crippen LogP contribution in [0.4, 0.5) is 0 Å². The molecule has 0 bridgehead atoms. The Labute approximate surface area is 442 Å². The topological polar surface area (TPSA) is 117 Å². The molecule has 0 amide bonds. The van der Waals surface area contributed by atoms with Gasteiger partial charge in [-0.2, -0.15) is 0 Å². The number of rotatable bonds is 55. The lowest BCUT2D eigenvalue weighted by atomic mass is 10.0. The molecule has 5 N–H and O–H groups in total. The predicted molar refractivity (Wildman–Crippen MR) is 307 cm³/mol. The first-order valence-electron chi connectivity index (χ1n) is 31.6. The molecule has 0 aromatic heterocycles. The van der Waals surface area contributed by atoms with E-state index in [1.165, 1.54) is 180 Å². The third-order valence-electron chi connectivity index (χ3n) is 15.6. The number of nitrogens with zero attached hydrogens (tertiary/aromatic N) is 5. The lowest BCUT2D eigenvalue weighted by Gasteiger charge is -2.37. The van der Waals surface area contributed by atoms with Crippen LogP contribution in [-0.2, 0) is 0 Å². The molecule has 0 spiro atoms. The van der Waals surface area contributed by atoms with Crippen molar-refractivity contribution in [1.82, 2.24) is 24.5 Å². The zero-order valence-corrected chi connectivity index (χ0v) is 48.4. The highest BCUT2D eigenvalue weighted by atomic mass is 16.3. The molecule has 0 aromatic rings. The van der Waals surface area contributed by atoms with Gasteiger partial charge >= 0.3 is 0 Å². The normalized spacial score (nSPS) is 16.2. The van der Waals surface area contributed by atoms with E-state index in [0.717, 1.165) is 117 Å². The number of aliphatic hydroxyl groups excluding tert-OH is 5. The number of aliphatic hydroxyl groups is 5. The fourth-order valence-electron chi connectivity index (χ4n) is 10.9. The summed E-state index contributed by atoms with van der Waals surface area (Å²) < 4.78 is 0. The van der Waals surface area contributed by atoms with Crippen LogP contribution in [0, 0.1) is 0 Å². The molecule has 1 fully saturated rings. The monoisotopic (exact) mass is 1010 g/mol. The Balaban J connectivity index is 2.83. The predicted octanol–water partition coefficient (Wildman–Crippen LogP) is 12.5. The van der Waals surface area contributed by atoms with E-state index >= 15 is 0 Å². The summed E-state index contributed by atoms with van der Waals surface area (Å²) in [5.41, 5.74) is 0. The minimum Gasteiger partial charge on any atom is -0.392 e. The van der Waals surface area contributed by atoms with Gasteiger partial charge in [0.05, 0.1) is 30.5 Å². The van der Waals surface area contributed by atoms with E-state index in [2.05, 4.69) is 52.2 Å². The Bertz CT molecular complexity index is 1040. The third kappa shape index (κ3) is 44.4. The van der Waals surface area contributed by atoms with Gasteiger partial charge in [0.15, 0.2) is 0 Å². The SMILES string of the molecule is CCCCCCCCCCC(O)CN(CCN1CCN(CCN(CC(C)O)CC(O)CCCCCCCCCC)CC1)CCN(CC(O)CCCCCCCCCC)CC(O)CCCCCCCCCC. The van der Waals surface area contributed by atoms with E-state index in [1.54, 1.807) is 0 Å². The largest absolute Gasteiger partial charge is 0.392 e. The molecule has 1 heterocycles. The molecule has 10 nitrogen and oxygen atoms in total. The van der Waals surface area contributed by atoms with Gasteiger partial charge in [-0.25, -0.2) is 0 Å². The summed E-state index contributed by atoms with van der Waals surface area (Å²) in [6, 6.07) is 0. The Hall–Kier alpha value is -0.400. The van der Waals surface area contributed by atoms with Gasteiger partial charge in [0.25, 0.3) is 0 Å². The van der Waals surface area contributed by atoms with Gasteiger partial charge in [-0.15, -0.1) is 0 Å². The summed E-state index contributed by atoms with van der Waals surface area (Å²) in [6.07, 6.45) is 42.1. The molecule has 1 rings (SSSR count). The molecule has 426 valence electrons. The van der Waals surface area contributed by atoms with Crippen LogP contribution in [0.3, 0.4) is 0 Å². The van der Waals surface area contributed by atoms with Crippen LogP contribution in [0.15, 0.2) is 0 Å². The van der Waals surface area contributed by atoms with Crippen LogP contribution >= 0.6 is 0 Å². The molecule has 0 saturated carbocycles. The molecule has 5 atom stereocenters. The number of hydrogen-bond acceptors (Lipinski definition) is 10. The second kappa shape index (κ2) is 50.4. The van der Waals surface area contributed by atoms with Gasteiger partial charge < -0.3 is 25.5 Å². The highest BCUT2D eigenvalue weighted by Crippen LogP contribution is 2.17. The maximum Gasteiger partial charge on any atom is 0.0667 e. The summed E-state index contributed by atoms with van der Waals surface area (Å²) in [4.78, 5) is 12.2. The first-order valence-corrected chi connectivity index (χ1v) is 31.6. The third-order valence-corrected chi connectivity index (χ3v) is 15.6. The standard InChI is InChI=1S/C61H127N5O5/c1-6-10-14-18-22-26-30-34-38-58(68)53-64(48-46-62-42-44-63(45-43-62)47-50-65(52-57(5)67)54-59(69)39-35-31-27-23-19-15-11-7-2)49-51-66(55-60(70)40-36-32-28-24-20-16-12-8-3)56-61(71)41-37-33-29-25-21-17-13-9-4/h57-61,67-71H,6-56H2,1-5H3. The van der Waals surface area contributed by atoms with E-state index in [-0.39, 0.29) is 24.4 Å². The maximum absolute atomic E-state index is 11.4. The molecule has 5 unspecified atom stereocenters. The molecule has 71 heavy (non-hydrogen) atoms. The fourth-order valence-corrected chi connectivity index (χ4v) is 10.9. The second-order valence-electron chi connectivity index (χ2n) is 23.0. The van der Waals surface area contributed by atoms with Crippen molar-refractivity contribution < 1.29 is 25.5 Å². The van der Waals surface area contributed by atoms with Crippen LogP contribution in [-0.4, -0.2) is 179 Å². The van der Waals surface area contributed by atoms with Crippen molar-refractivity contribution in [1.29, 1.82) is 0 Å². The van der Waals surface area contributed by atoms with Crippen molar-refractivity contribution >= 4 is 0 Å². The zero-order chi connectivity index (χ0) is 51.8. The molecule has 1 aliphatic heterocycles. The minimum atomic E-state index is -0.411. The van der Waals surface area contributed by atoms with Crippen molar-refractivity contribution in [2.24, 2.45) is 0 Å². The molecule has 1 aliphatic rings. The summed E-state index contributed by atoms with van der Waals surface area (Å²) in [6.45, 7) is 23.5. The van der Waals surface area contributed by atoms with Crippen LogP contribution in [0.5, 0.6) is 0 Å². The molecular formula is C61H127N5O5. The summed E-state index contributed by atoms with van der Waals surface area (Å²) in [7, 11) is 0. The Morgan fingerprint density at radius 2 is 0.521 bits per heavy atom. The first-order chi connectivity index (χ1) is 34.6. The van der Waals surface area contributed by atoms with Gasteiger partial charge in [-0.05, 0) is 32.6 Å². The van der Waals surface area contributed by atoms with Crippen molar-refractivity contribution in [3.63, 3.8) is 0 Å². The molecule has 10 heteroatoms. The lowest BCUT2D eigenvalue weighted by Crippen LogP contribution is -2.51. The average molecular weight is 1010 g/mol. The smallest absolute Gasteiger partial charge is 0.0667 e. The Morgan fingerprint density at radius 3 is 0.803 bits per heavy atom. The van der Waals surface area contributed by atoms with Gasteiger partial charge in [0.2, 0.25) is 0 Å². The Morgan fingerprint density at radius 1 is 0.296 bits per heavy atom. The molecule has 0 aliphatic carbocycles. The molecular weight excluding hydrogens is 883 g/mol. The molecule has 0 aromatic carbocycles. The summed E-state index contributed by atoms with van der Waals surface area (Å²) in [5, 5.41) is 55.4. The van der Waals surface area contributed by atoms with E-state index in [0.29, 0.717) is 32.7 Å². The first kappa shape index (κ1) is 68.6. The van der Waals surface area contributed by atoms with E-state index in [1.807, 2.05) is 6.92 Å². The van der Waals surface area contributed by atoms with E-state index in [9.17, 15) is 25.5 Å². The highest BCUT2D eigenvalue weighted by Gasteiger charge is 2.23. The molecule has 0 radical (unpaired) electrons. The minimum absolute atomic E-state index is 0.339. The van der Waals surface area contributed by atoms with E-state index in [4.69, 9.17) is 0 Å². The van der Waals surface area contributed by atoms with E-state index < -0.39 is 6.10 Å². The number of piperazine rings is 1. The lowest BCUT2D eigenvalue weighted by molar-refractivity contribution is 0.0432. The number of unbranched alkanes of at least 4 members (excludes halogenated alkanes) is 28. The second-order valence-corrected chi connectivity index (χ2v) is 23.0. The van der Waals surface area contributed by atoms with Gasteiger partial charge in [-0.1, -0.05) is 233 Å². The summed E-state index contributed by atoms with van der Waals surface area (Å²) >= 11 is 0. The highest BCUT2D eigenvalue weighted by molar-refractivity contribution is 4.78. The molecule has 1 saturated heterocycles. The van der Waals surface area contributed by atoms with Crippen LogP contribution in [0.2, 0.25) is 0 Å². The van der Waals surface area contributed by atoms with Gasteiger partial charge in [-0.3, -0.25) is 24.5 Å². The summed E-state index contributed by atoms with van der Waals surface area (Å²) in [5.74, 6) is 0. The van der Waals surface area contributed by atoms with Crippen molar-refractivity contribution in [2.75, 3.05) is 98.2 Å². The van der Waals surface area contributed by atoms with Crippen molar-refractivity contribution in [2.45, 2.75) is 296 Å². The van der Waals surface area contributed by atoms with Crippen molar-refractivity contribution in [3.05, 3.63) is 0 Å². The number of hydrogen-bond donors (Lipinski definition) is 5. The fraction of sp³-hybridized carbons (Fsp3) is 1.00. The van der Waals surface area contributed by atoms with Crippen molar-refractivity contribution in [3.8, 4) is 0 Å². The van der Waals surface area contributed by atoms with Crippen LogP contribution in [0.1, 0.15) is 266 Å².